The van der Waals surface area contributed by atoms with Crippen LogP contribution in [0, 0.1) is 0 Å². The summed E-state index contributed by atoms with van der Waals surface area (Å²) < 4.78 is 0. The maximum atomic E-state index is 2.57. The number of benzene rings is 10. The summed E-state index contributed by atoms with van der Waals surface area (Å²) >= 11 is 0. The van der Waals surface area contributed by atoms with Gasteiger partial charge in [-0.15, -0.1) is 0 Å². The molecule has 0 aromatic heterocycles. The first-order valence-electron chi connectivity index (χ1n) is 22.8. The van der Waals surface area contributed by atoms with Crippen molar-refractivity contribution in [2.75, 3.05) is 4.90 Å². The zero-order chi connectivity index (χ0) is 42.5. The molecule has 0 heterocycles. The van der Waals surface area contributed by atoms with E-state index in [1.165, 1.54) is 107 Å². The van der Waals surface area contributed by atoms with Gasteiger partial charge in [0.1, 0.15) is 0 Å². The second kappa shape index (κ2) is 15.9. The third kappa shape index (κ3) is 6.22. The van der Waals surface area contributed by atoms with Crippen LogP contribution >= 0.6 is 0 Å². The smallest absolute Gasteiger partial charge is 0.0714 e. The van der Waals surface area contributed by atoms with Crippen LogP contribution in [0.25, 0.3) is 55.3 Å². The second-order valence-electron chi connectivity index (χ2n) is 17.4. The topological polar surface area (TPSA) is 3.24 Å². The van der Waals surface area contributed by atoms with Crippen molar-refractivity contribution in [2.45, 2.75) is 31.1 Å². The molecule has 2 aliphatic rings. The highest BCUT2D eigenvalue weighted by Crippen LogP contribution is 2.59. The van der Waals surface area contributed by atoms with E-state index in [1.54, 1.807) is 0 Å². The minimum Gasteiger partial charge on any atom is -0.310 e. The lowest BCUT2D eigenvalue weighted by Crippen LogP contribution is -2.28. The fourth-order valence-electron chi connectivity index (χ4n) is 11.0. The largest absolute Gasteiger partial charge is 0.310 e. The van der Waals surface area contributed by atoms with Gasteiger partial charge in [-0.2, -0.15) is 0 Å². The van der Waals surface area contributed by atoms with Crippen molar-refractivity contribution in [3.8, 4) is 44.5 Å². The first kappa shape index (κ1) is 38.0. The second-order valence-corrected chi connectivity index (χ2v) is 17.4. The number of aryl methyl sites for hydroxylation is 1. The fourth-order valence-corrected chi connectivity index (χ4v) is 11.0. The van der Waals surface area contributed by atoms with Gasteiger partial charge in [0, 0.05) is 16.9 Å². The molecule has 0 radical (unpaired) electrons. The summed E-state index contributed by atoms with van der Waals surface area (Å²) in [4.78, 5) is 2.53. The molecule has 0 bridgehead atoms. The van der Waals surface area contributed by atoms with Crippen LogP contribution in [0.3, 0.4) is 0 Å². The fraction of sp³-hybridized carbons (Fsp3) is 0.0794. The normalized spacial score (nSPS) is 13.5. The van der Waals surface area contributed by atoms with Gasteiger partial charge in [-0.1, -0.05) is 200 Å². The minimum atomic E-state index is -0.543. The molecule has 0 saturated heterocycles. The number of rotatable bonds is 8. The monoisotopic (exact) mass is 817 g/mol. The van der Waals surface area contributed by atoms with Crippen molar-refractivity contribution in [2.24, 2.45) is 0 Å². The van der Waals surface area contributed by atoms with Gasteiger partial charge in [-0.3, -0.25) is 0 Å². The van der Waals surface area contributed by atoms with Gasteiger partial charge in [-0.05, 0) is 145 Å². The summed E-state index contributed by atoms with van der Waals surface area (Å²) in [6.45, 7) is 0. The molecule has 1 nitrogen and oxygen atoms in total. The summed E-state index contributed by atoms with van der Waals surface area (Å²) in [6.07, 6.45) is 4.65. The maximum Gasteiger partial charge on any atom is 0.0714 e. The van der Waals surface area contributed by atoms with Crippen molar-refractivity contribution in [1.29, 1.82) is 0 Å². The van der Waals surface area contributed by atoms with Gasteiger partial charge >= 0.3 is 0 Å². The molecule has 10 aromatic carbocycles. The molecule has 2 aliphatic carbocycles. The van der Waals surface area contributed by atoms with E-state index in [2.05, 4.69) is 241 Å². The van der Waals surface area contributed by atoms with Crippen molar-refractivity contribution < 1.29 is 0 Å². The number of hydrogen-bond acceptors (Lipinski definition) is 1. The van der Waals surface area contributed by atoms with Gasteiger partial charge in [0.25, 0.3) is 0 Å². The lowest BCUT2D eigenvalue weighted by atomic mass is 9.67. The third-order valence-electron chi connectivity index (χ3n) is 14.0. The van der Waals surface area contributed by atoms with E-state index >= 15 is 0 Å². The molecule has 0 aliphatic heterocycles. The van der Waals surface area contributed by atoms with Gasteiger partial charge < -0.3 is 4.90 Å². The van der Waals surface area contributed by atoms with Crippen molar-refractivity contribution in [1.82, 2.24) is 0 Å². The highest BCUT2D eigenvalue weighted by atomic mass is 15.1. The van der Waals surface area contributed by atoms with Crippen molar-refractivity contribution in [3.63, 3.8) is 0 Å². The van der Waals surface area contributed by atoms with E-state index in [1.807, 2.05) is 0 Å². The lowest BCUT2D eigenvalue weighted by Gasteiger charge is -2.36. The van der Waals surface area contributed by atoms with Gasteiger partial charge in [0.2, 0.25) is 0 Å². The first-order chi connectivity index (χ1) is 31.8. The van der Waals surface area contributed by atoms with Gasteiger partial charge in [0.05, 0.1) is 11.1 Å². The van der Waals surface area contributed by atoms with E-state index in [0.29, 0.717) is 0 Å². The predicted octanol–water partition coefficient (Wildman–Crippen LogP) is 16.6. The molecule has 0 amide bonds. The number of anilines is 3. The Bertz CT molecular complexity index is 3250. The Hall–Kier alpha value is -7.74. The zero-order valence-corrected chi connectivity index (χ0v) is 35.8. The van der Waals surface area contributed by atoms with E-state index < -0.39 is 5.41 Å². The molecule has 304 valence electrons. The van der Waals surface area contributed by atoms with Crippen LogP contribution in [0.2, 0.25) is 0 Å². The molecule has 64 heavy (non-hydrogen) atoms. The van der Waals surface area contributed by atoms with E-state index in [-0.39, 0.29) is 0 Å². The number of hydrogen-bond donors (Lipinski definition) is 0. The molecule has 0 fully saturated rings. The Morgan fingerprint density at radius 2 is 0.891 bits per heavy atom. The molecule has 12 rings (SSSR count). The molecule has 0 atom stereocenters. The summed E-state index contributed by atoms with van der Waals surface area (Å²) in [7, 11) is 0. The standard InChI is InChI=1S/C63H47N/c1-4-18-44(19-5-1)45-34-38-51(39-35-45)64(52-40-36-48(37-41-52)54-31-16-22-46-20-10-12-28-53(46)54)62-43-61-58(42-59(62)56-32-17-23-47-21-11-13-29-55(47)56)57-30-14-15-33-60(57)63(61,49-24-6-2-7-25-49)50-26-8-3-9-27-50/h1-10,12,14-20,22-28,30-43H,11,13,21,29H2. The summed E-state index contributed by atoms with van der Waals surface area (Å²) in [5.41, 5.74) is 21.0. The molecule has 1 heteroatoms. The lowest BCUT2D eigenvalue weighted by molar-refractivity contribution is 0.687. The van der Waals surface area contributed by atoms with Gasteiger partial charge in [-0.25, -0.2) is 0 Å². The summed E-state index contributed by atoms with van der Waals surface area (Å²) in [5, 5.41) is 2.51. The maximum absolute atomic E-state index is 2.57. The van der Waals surface area contributed by atoms with Crippen LogP contribution in [0.4, 0.5) is 17.1 Å². The van der Waals surface area contributed by atoms with Crippen LogP contribution in [-0.4, -0.2) is 0 Å². The van der Waals surface area contributed by atoms with E-state index in [4.69, 9.17) is 0 Å². The highest BCUT2D eigenvalue weighted by Gasteiger charge is 2.47. The van der Waals surface area contributed by atoms with E-state index in [0.717, 1.165) is 24.2 Å². The van der Waals surface area contributed by atoms with Crippen molar-refractivity contribution in [3.05, 3.63) is 270 Å². The minimum absolute atomic E-state index is 0.543. The average molecular weight is 818 g/mol. The Balaban J connectivity index is 1.16. The van der Waals surface area contributed by atoms with Crippen LogP contribution in [0.5, 0.6) is 0 Å². The van der Waals surface area contributed by atoms with Gasteiger partial charge in [0.15, 0.2) is 0 Å². The number of fused-ring (bicyclic) bond motifs is 5. The highest BCUT2D eigenvalue weighted by molar-refractivity contribution is 5.99. The Morgan fingerprint density at radius 3 is 1.62 bits per heavy atom. The summed E-state index contributed by atoms with van der Waals surface area (Å²) in [6, 6.07) is 88.2. The van der Waals surface area contributed by atoms with Crippen molar-refractivity contribution >= 4 is 27.8 Å². The molecular formula is C63H47N. The molecular weight excluding hydrogens is 771 g/mol. The third-order valence-corrected chi connectivity index (χ3v) is 14.0. The predicted molar refractivity (Wildman–Crippen MR) is 269 cm³/mol. The van der Waals surface area contributed by atoms with Crippen LogP contribution < -0.4 is 4.90 Å². The SMILES string of the molecule is c1ccc(-c2ccc(N(c3ccc(-c4cccc5ccccc45)cc3)c3cc4c(cc3-c3cccc5c3CCCC5)-c3ccccc3C4(c3ccccc3)c3ccccc3)cc2)cc1. The van der Waals surface area contributed by atoms with Crippen LogP contribution in [0.15, 0.2) is 237 Å². The molecule has 0 N–H and O–H groups in total. The zero-order valence-electron chi connectivity index (χ0n) is 35.8. The Labute approximate surface area is 376 Å². The van der Waals surface area contributed by atoms with E-state index in [9.17, 15) is 0 Å². The first-order valence-corrected chi connectivity index (χ1v) is 22.8. The summed E-state index contributed by atoms with van der Waals surface area (Å²) in [5.74, 6) is 0. The number of nitrogens with zero attached hydrogens (tertiary/aromatic N) is 1. The van der Waals surface area contributed by atoms with Crippen LogP contribution in [-0.2, 0) is 18.3 Å². The Morgan fingerprint density at radius 1 is 0.344 bits per heavy atom. The quantitative estimate of drug-likeness (QED) is 0.148. The van der Waals surface area contributed by atoms with Crippen LogP contribution in [0.1, 0.15) is 46.2 Å². The molecule has 0 spiro atoms. The average Bonchev–Trinajstić information content (AvgIpc) is 3.67. The Kier molecular flexibility index (Phi) is 9.42. The molecule has 0 unspecified atom stereocenters. The molecule has 10 aromatic rings. The molecule has 0 saturated carbocycles.